The van der Waals surface area contributed by atoms with E-state index in [4.69, 9.17) is 15.5 Å². The Hall–Kier alpha value is -0.750. The van der Waals surface area contributed by atoms with Crippen LogP contribution in [-0.2, 0) is 4.74 Å². The fraction of sp³-hybridized carbons (Fsp3) is 0.857. The number of rotatable bonds is 8. The maximum absolute atomic E-state index is 10.9. The summed E-state index contributed by atoms with van der Waals surface area (Å²) >= 11 is 1.71. The summed E-state index contributed by atoms with van der Waals surface area (Å²) in [6.45, 7) is 5.98. The van der Waals surface area contributed by atoms with E-state index in [1.807, 2.05) is 13.8 Å². The van der Waals surface area contributed by atoms with Gasteiger partial charge >= 0.3 is 6.09 Å². The number of primary amides is 1. The number of aliphatic hydroxyl groups excluding tert-OH is 1. The van der Waals surface area contributed by atoms with Crippen molar-refractivity contribution in [1.29, 1.82) is 0 Å². The summed E-state index contributed by atoms with van der Waals surface area (Å²) in [7, 11) is 0. The Morgan fingerprint density at radius 3 is 2.90 bits per heavy atom. The zero-order valence-electron chi connectivity index (χ0n) is 12.6. The largest absolute Gasteiger partial charge is 0.444 e. The SMILES string of the molecule is CCCC[C@@H](CO)C1=N[C@@H](CC(C)(C)OC(N)=O)CS1. The molecule has 0 spiro atoms. The monoisotopic (exact) mass is 302 g/mol. The lowest BCUT2D eigenvalue weighted by Crippen LogP contribution is -2.34. The third-order valence-electron chi connectivity index (χ3n) is 3.31. The minimum absolute atomic E-state index is 0.125. The molecule has 0 saturated carbocycles. The second-order valence-electron chi connectivity index (χ2n) is 5.84. The number of amides is 1. The van der Waals surface area contributed by atoms with E-state index in [-0.39, 0.29) is 18.6 Å². The zero-order valence-corrected chi connectivity index (χ0v) is 13.4. The molecule has 0 radical (unpaired) electrons. The molecule has 0 unspecified atom stereocenters. The molecular formula is C14H26N2O3S. The van der Waals surface area contributed by atoms with Gasteiger partial charge in [0.05, 0.1) is 17.7 Å². The molecule has 1 rings (SSSR count). The van der Waals surface area contributed by atoms with Gasteiger partial charge in [0.15, 0.2) is 0 Å². The second-order valence-corrected chi connectivity index (χ2v) is 6.88. The maximum atomic E-state index is 10.9. The van der Waals surface area contributed by atoms with Crippen LogP contribution in [0.15, 0.2) is 4.99 Å². The third kappa shape index (κ3) is 5.71. The number of aliphatic imine (C=N–C) groups is 1. The van der Waals surface area contributed by atoms with E-state index in [0.717, 1.165) is 30.1 Å². The van der Waals surface area contributed by atoms with Crippen LogP contribution in [0.3, 0.4) is 0 Å². The van der Waals surface area contributed by atoms with Crippen LogP contribution in [0.1, 0.15) is 46.5 Å². The summed E-state index contributed by atoms with van der Waals surface area (Å²) in [5.41, 5.74) is 4.47. The molecule has 0 aromatic carbocycles. The molecule has 5 nitrogen and oxygen atoms in total. The van der Waals surface area contributed by atoms with Crippen molar-refractivity contribution in [2.45, 2.75) is 58.1 Å². The fourth-order valence-corrected chi connectivity index (χ4v) is 3.60. The van der Waals surface area contributed by atoms with Crippen LogP contribution in [-0.4, -0.2) is 40.2 Å². The molecule has 20 heavy (non-hydrogen) atoms. The van der Waals surface area contributed by atoms with Crippen LogP contribution in [0.5, 0.6) is 0 Å². The first-order chi connectivity index (χ1) is 9.38. The molecule has 0 aliphatic carbocycles. The van der Waals surface area contributed by atoms with Gasteiger partial charge in [0.25, 0.3) is 0 Å². The highest BCUT2D eigenvalue weighted by molar-refractivity contribution is 8.14. The summed E-state index contributed by atoms with van der Waals surface area (Å²) in [6.07, 6.45) is 3.11. The number of carbonyl (C=O) groups is 1. The van der Waals surface area contributed by atoms with Crippen LogP contribution in [0.4, 0.5) is 4.79 Å². The smallest absolute Gasteiger partial charge is 0.405 e. The van der Waals surface area contributed by atoms with Crippen molar-refractivity contribution in [2.24, 2.45) is 16.6 Å². The van der Waals surface area contributed by atoms with Crippen LogP contribution in [0.25, 0.3) is 0 Å². The number of thioether (sulfide) groups is 1. The van der Waals surface area contributed by atoms with Gasteiger partial charge < -0.3 is 15.6 Å². The molecule has 2 atom stereocenters. The quantitative estimate of drug-likeness (QED) is 0.721. The first kappa shape index (κ1) is 17.3. The molecule has 0 fully saturated rings. The summed E-state index contributed by atoms with van der Waals surface area (Å²) in [5, 5.41) is 10.5. The van der Waals surface area contributed by atoms with Crippen molar-refractivity contribution in [2.75, 3.05) is 12.4 Å². The Morgan fingerprint density at radius 2 is 2.35 bits per heavy atom. The van der Waals surface area contributed by atoms with Gasteiger partial charge in [-0.3, -0.25) is 4.99 Å². The Bertz CT molecular complexity index is 358. The third-order valence-corrected chi connectivity index (χ3v) is 4.60. The lowest BCUT2D eigenvalue weighted by atomic mass is 9.99. The van der Waals surface area contributed by atoms with Gasteiger partial charge in [0.1, 0.15) is 5.60 Å². The van der Waals surface area contributed by atoms with E-state index in [1.165, 1.54) is 0 Å². The summed E-state index contributed by atoms with van der Waals surface area (Å²) in [5.74, 6) is 1.04. The van der Waals surface area contributed by atoms with Gasteiger partial charge in [-0.1, -0.05) is 19.8 Å². The van der Waals surface area contributed by atoms with E-state index < -0.39 is 11.7 Å². The van der Waals surface area contributed by atoms with Crippen molar-refractivity contribution in [3.05, 3.63) is 0 Å². The van der Waals surface area contributed by atoms with Gasteiger partial charge in [-0.05, 0) is 20.3 Å². The Balaban J connectivity index is 2.56. The highest BCUT2D eigenvalue weighted by atomic mass is 32.2. The Labute approximate surface area is 125 Å². The first-order valence-corrected chi connectivity index (χ1v) is 8.16. The molecule has 0 saturated heterocycles. The predicted molar refractivity (Wildman–Crippen MR) is 83.1 cm³/mol. The highest BCUT2D eigenvalue weighted by Gasteiger charge is 2.31. The molecular weight excluding hydrogens is 276 g/mol. The number of ether oxygens (including phenoxy) is 1. The van der Waals surface area contributed by atoms with Gasteiger partial charge in [0, 0.05) is 18.1 Å². The lowest BCUT2D eigenvalue weighted by Gasteiger charge is -2.25. The standard InChI is InChI=1S/C14H26N2O3S/c1-4-5-6-10(8-17)12-16-11(9-20-12)7-14(2,3)19-13(15)18/h10-11,17H,4-9H2,1-3H3,(H2,15,18)/t10-,11-/m0/s1. The lowest BCUT2D eigenvalue weighted by molar-refractivity contribution is 0.0360. The zero-order chi connectivity index (χ0) is 15.2. The number of hydrogen-bond donors (Lipinski definition) is 2. The molecule has 0 aromatic rings. The molecule has 0 aromatic heterocycles. The van der Waals surface area contributed by atoms with Gasteiger partial charge in [-0.25, -0.2) is 4.79 Å². The molecule has 116 valence electrons. The van der Waals surface area contributed by atoms with Crippen molar-refractivity contribution in [3.8, 4) is 0 Å². The number of nitrogens with two attached hydrogens (primary N) is 1. The van der Waals surface area contributed by atoms with Crippen molar-refractivity contribution < 1.29 is 14.6 Å². The predicted octanol–water partition coefficient (Wildman–Crippen LogP) is 2.56. The molecule has 1 aliphatic rings. The highest BCUT2D eigenvalue weighted by Crippen LogP contribution is 2.30. The van der Waals surface area contributed by atoms with Crippen molar-refractivity contribution >= 4 is 22.9 Å². The average Bonchev–Trinajstić information content (AvgIpc) is 2.76. The van der Waals surface area contributed by atoms with E-state index in [1.54, 1.807) is 11.8 Å². The molecule has 0 bridgehead atoms. The number of carbonyl (C=O) groups excluding carboxylic acids is 1. The van der Waals surface area contributed by atoms with Gasteiger partial charge in [0.2, 0.25) is 0 Å². The van der Waals surface area contributed by atoms with Crippen LogP contribution >= 0.6 is 11.8 Å². The normalized spacial score (nSPS) is 20.6. The van der Waals surface area contributed by atoms with Crippen molar-refractivity contribution in [1.82, 2.24) is 0 Å². The number of nitrogens with zero attached hydrogens (tertiary/aromatic N) is 1. The Morgan fingerprint density at radius 1 is 1.65 bits per heavy atom. The summed E-state index contributed by atoms with van der Waals surface area (Å²) in [4.78, 5) is 15.5. The molecule has 3 N–H and O–H groups in total. The number of hydrogen-bond acceptors (Lipinski definition) is 5. The topological polar surface area (TPSA) is 84.9 Å². The first-order valence-electron chi connectivity index (χ1n) is 7.17. The minimum atomic E-state index is -0.749. The summed E-state index contributed by atoms with van der Waals surface area (Å²) in [6, 6.07) is 0.125. The number of aliphatic hydroxyl groups is 1. The van der Waals surface area contributed by atoms with E-state index in [0.29, 0.717) is 6.42 Å². The van der Waals surface area contributed by atoms with Gasteiger partial charge in [-0.15, -0.1) is 11.8 Å². The minimum Gasteiger partial charge on any atom is -0.444 e. The van der Waals surface area contributed by atoms with Crippen LogP contribution in [0.2, 0.25) is 0 Å². The van der Waals surface area contributed by atoms with Crippen LogP contribution in [0, 0.1) is 5.92 Å². The summed E-state index contributed by atoms with van der Waals surface area (Å²) < 4.78 is 5.10. The van der Waals surface area contributed by atoms with Gasteiger partial charge in [-0.2, -0.15) is 0 Å². The molecule has 1 heterocycles. The molecule has 1 aliphatic heterocycles. The molecule has 1 amide bonds. The van der Waals surface area contributed by atoms with E-state index in [2.05, 4.69) is 6.92 Å². The van der Waals surface area contributed by atoms with Crippen LogP contribution < -0.4 is 5.73 Å². The second kappa shape index (κ2) is 7.88. The van der Waals surface area contributed by atoms with E-state index in [9.17, 15) is 9.90 Å². The maximum Gasteiger partial charge on any atom is 0.405 e. The van der Waals surface area contributed by atoms with E-state index >= 15 is 0 Å². The van der Waals surface area contributed by atoms with Crippen molar-refractivity contribution in [3.63, 3.8) is 0 Å². The fourth-order valence-electron chi connectivity index (χ4n) is 2.39. The number of unbranched alkanes of at least 4 members (excludes halogenated alkanes) is 1. The Kier molecular flexibility index (Phi) is 6.82. The molecule has 6 heteroatoms. The average molecular weight is 302 g/mol.